The summed E-state index contributed by atoms with van der Waals surface area (Å²) < 4.78 is 23.5. The maximum Gasteiger partial charge on any atom is 0.154 e. The van der Waals surface area contributed by atoms with Crippen molar-refractivity contribution in [3.05, 3.63) is 0 Å². The number of hydrogen-bond acceptors (Lipinski definition) is 3. The van der Waals surface area contributed by atoms with Crippen LogP contribution in [0.2, 0.25) is 0 Å². The Morgan fingerprint density at radius 2 is 1.86 bits per heavy atom. The monoisotopic (exact) mass is 217 g/mol. The van der Waals surface area contributed by atoms with E-state index in [0.717, 1.165) is 25.8 Å². The molecule has 4 heteroatoms. The van der Waals surface area contributed by atoms with E-state index in [1.807, 2.05) is 0 Å². The molecule has 1 N–H and O–H groups in total. The minimum Gasteiger partial charge on any atom is -0.313 e. The first-order valence-electron chi connectivity index (χ1n) is 5.65. The Kier molecular flexibility index (Phi) is 3.12. The van der Waals surface area contributed by atoms with Gasteiger partial charge in [0.1, 0.15) is 0 Å². The van der Waals surface area contributed by atoms with Crippen molar-refractivity contribution in [3.63, 3.8) is 0 Å². The molecular weight excluding hydrogens is 198 g/mol. The lowest BCUT2D eigenvalue weighted by molar-refractivity contribution is 0.466. The maximum atomic E-state index is 11.7. The smallest absolute Gasteiger partial charge is 0.154 e. The fourth-order valence-corrected chi connectivity index (χ4v) is 4.77. The van der Waals surface area contributed by atoms with Gasteiger partial charge in [0.2, 0.25) is 0 Å². The summed E-state index contributed by atoms with van der Waals surface area (Å²) >= 11 is 0. The summed E-state index contributed by atoms with van der Waals surface area (Å²) in [6.07, 6.45) is 6.41. The standard InChI is InChI=1S/C10H19NO2S/c12-14(13)8-4-6-10(14)9-5-2-1-3-7-11-9/h9-11H,1-8H2. The summed E-state index contributed by atoms with van der Waals surface area (Å²) in [6, 6.07) is 0.241. The van der Waals surface area contributed by atoms with Crippen LogP contribution in [-0.2, 0) is 9.84 Å². The molecule has 0 aliphatic carbocycles. The van der Waals surface area contributed by atoms with Gasteiger partial charge in [-0.1, -0.05) is 12.8 Å². The van der Waals surface area contributed by atoms with Crippen molar-refractivity contribution in [3.8, 4) is 0 Å². The van der Waals surface area contributed by atoms with Gasteiger partial charge in [0, 0.05) is 6.04 Å². The average Bonchev–Trinajstić information content (AvgIpc) is 2.41. The molecule has 0 radical (unpaired) electrons. The topological polar surface area (TPSA) is 46.2 Å². The van der Waals surface area contributed by atoms with Crippen LogP contribution in [-0.4, -0.2) is 32.0 Å². The van der Waals surface area contributed by atoms with Crippen LogP contribution < -0.4 is 5.32 Å². The Morgan fingerprint density at radius 1 is 1.00 bits per heavy atom. The summed E-state index contributed by atoms with van der Waals surface area (Å²) in [5.41, 5.74) is 0. The quantitative estimate of drug-likeness (QED) is 0.715. The molecule has 0 aromatic rings. The average molecular weight is 217 g/mol. The largest absolute Gasteiger partial charge is 0.313 e. The molecule has 2 unspecified atom stereocenters. The fraction of sp³-hybridized carbons (Fsp3) is 1.00. The molecule has 0 spiro atoms. The molecule has 2 fully saturated rings. The van der Waals surface area contributed by atoms with Crippen LogP contribution in [0.15, 0.2) is 0 Å². The van der Waals surface area contributed by atoms with Crippen LogP contribution in [0.1, 0.15) is 38.5 Å². The van der Waals surface area contributed by atoms with Gasteiger partial charge in [-0.05, 0) is 32.2 Å². The molecule has 0 aromatic carbocycles. The third-order valence-electron chi connectivity index (χ3n) is 3.43. The van der Waals surface area contributed by atoms with E-state index in [-0.39, 0.29) is 11.3 Å². The van der Waals surface area contributed by atoms with Crippen molar-refractivity contribution in [2.45, 2.75) is 49.8 Å². The third-order valence-corrected chi connectivity index (χ3v) is 5.77. The minimum absolute atomic E-state index is 0.0828. The van der Waals surface area contributed by atoms with Crippen molar-refractivity contribution in [1.82, 2.24) is 5.32 Å². The Hall–Kier alpha value is -0.0900. The van der Waals surface area contributed by atoms with E-state index < -0.39 is 9.84 Å². The van der Waals surface area contributed by atoms with Gasteiger partial charge in [0.25, 0.3) is 0 Å². The van der Waals surface area contributed by atoms with Gasteiger partial charge < -0.3 is 5.32 Å². The minimum atomic E-state index is -2.77. The first kappa shape index (κ1) is 10.4. The highest BCUT2D eigenvalue weighted by molar-refractivity contribution is 7.92. The van der Waals surface area contributed by atoms with Crippen molar-refractivity contribution in [2.75, 3.05) is 12.3 Å². The molecule has 2 atom stereocenters. The van der Waals surface area contributed by atoms with Gasteiger partial charge >= 0.3 is 0 Å². The number of hydrogen-bond donors (Lipinski definition) is 1. The highest BCUT2D eigenvalue weighted by Crippen LogP contribution is 2.26. The van der Waals surface area contributed by atoms with Crippen LogP contribution in [0.5, 0.6) is 0 Å². The molecular formula is C10H19NO2S. The summed E-state index contributed by atoms with van der Waals surface area (Å²) in [5.74, 6) is 0.413. The lowest BCUT2D eigenvalue weighted by Gasteiger charge is -2.21. The number of sulfone groups is 1. The molecule has 82 valence electrons. The van der Waals surface area contributed by atoms with Crippen LogP contribution >= 0.6 is 0 Å². The van der Waals surface area contributed by atoms with Crippen LogP contribution in [0.4, 0.5) is 0 Å². The zero-order valence-electron chi connectivity index (χ0n) is 8.54. The van der Waals surface area contributed by atoms with Crippen LogP contribution in [0, 0.1) is 0 Å². The van der Waals surface area contributed by atoms with E-state index in [9.17, 15) is 8.42 Å². The molecule has 2 aliphatic rings. The van der Waals surface area contributed by atoms with Crippen LogP contribution in [0.25, 0.3) is 0 Å². The Balaban J connectivity index is 2.05. The second-order valence-corrected chi connectivity index (χ2v) is 6.80. The summed E-state index contributed by atoms with van der Waals surface area (Å²) in [6.45, 7) is 0.997. The molecule has 2 rings (SSSR count). The normalized spacial score (nSPS) is 38.0. The zero-order valence-corrected chi connectivity index (χ0v) is 9.35. The molecule has 0 aromatic heterocycles. The summed E-state index contributed by atoms with van der Waals surface area (Å²) in [7, 11) is -2.77. The zero-order chi connectivity index (χ0) is 10.0. The molecule has 0 saturated carbocycles. The fourth-order valence-electron chi connectivity index (χ4n) is 2.64. The first-order valence-corrected chi connectivity index (χ1v) is 7.37. The lowest BCUT2D eigenvalue weighted by atomic mass is 10.0. The Labute approximate surface area is 86.2 Å². The molecule has 0 amide bonds. The van der Waals surface area contributed by atoms with E-state index in [4.69, 9.17) is 0 Å². The molecule has 2 aliphatic heterocycles. The second-order valence-electron chi connectivity index (χ2n) is 4.46. The summed E-state index contributed by atoms with van der Waals surface area (Å²) in [5, 5.41) is 3.32. The highest BCUT2D eigenvalue weighted by Gasteiger charge is 2.37. The van der Waals surface area contributed by atoms with Crippen LogP contribution in [0.3, 0.4) is 0 Å². The van der Waals surface area contributed by atoms with E-state index in [1.54, 1.807) is 0 Å². The number of nitrogens with one attached hydrogen (secondary N) is 1. The summed E-state index contributed by atoms with van der Waals surface area (Å²) in [4.78, 5) is 0. The van der Waals surface area contributed by atoms with Crippen molar-refractivity contribution in [1.29, 1.82) is 0 Å². The molecule has 2 heterocycles. The third kappa shape index (κ3) is 2.11. The first-order chi connectivity index (χ1) is 6.70. The molecule has 0 bridgehead atoms. The second kappa shape index (κ2) is 4.19. The molecule has 14 heavy (non-hydrogen) atoms. The van der Waals surface area contributed by atoms with Gasteiger partial charge in [-0.3, -0.25) is 0 Å². The Bertz CT molecular complexity index is 278. The predicted octanol–water partition coefficient (Wildman–Crippen LogP) is 1.10. The molecule has 3 nitrogen and oxygen atoms in total. The van der Waals surface area contributed by atoms with E-state index in [0.29, 0.717) is 5.75 Å². The Morgan fingerprint density at radius 3 is 2.57 bits per heavy atom. The maximum absolute atomic E-state index is 11.7. The molecule has 2 saturated heterocycles. The van der Waals surface area contributed by atoms with E-state index in [1.165, 1.54) is 19.3 Å². The van der Waals surface area contributed by atoms with Crippen molar-refractivity contribution >= 4 is 9.84 Å². The van der Waals surface area contributed by atoms with Crippen molar-refractivity contribution in [2.24, 2.45) is 0 Å². The van der Waals surface area contributed by atoms with Gasteiger partial charge in [-0.2, -0.15) is 0 Å². The van der Waals surface area contributed by atoms with Gasteiger partial charge in [-0.25, -0.2) is 8.42 Å². The SMILES string of the molecule is O=S1(=O)CCCC1C1CCCCCN1. The van der Waals surface area contributed by atoms with E-state index >= 15 is 0 Å². The van der Waals surface area contributed by atoms with Gasteiger partial charge in [-0.15, -0.1) is 0 Å². The number of rotatable bonds is 1. The van der Waals surface area contributed by atoms with Gasteiger partial charge in [0.15, 0.2) is 9.84 Å². The van der Waals surface area contributed by atoms with Crippen molar-refractivity contribution < 1.29 is 8.42 Å². The van der Waals surface area contributed by atoms with Gasteiger partial charge in [0.05, 0.1) is 11.0 Å². The predicted molar refractivity (Wildman–Crippen MR) is 57.1 cm³/mol. The van der Waals surface area contributed by atoms with E-state index in [2.05, 4.69) is 5.32 Å². The lowest BCUT2D eigenvalue weighted by Crippen LogP contribution is -2.41. The highest BCUT2D eigenvalue weighted by atomic mass is 32.2.